The fourth-order valence-electron chi connectivity index (χ4n) is 3.07. The first kappa shape index (κ1) is 22.2. The second-order valence-electron chi connectivity index (χ2n) is 6.52. The molecule has 0 bridgehead atoms. The van der Waals surface area contributed by atoms with Crippen molar-refractivity contribution in [1.82, 2.24) is 19.1 Å². The lowest BCUT2D eigenvalue weighted by molar-refractivity contribution is -0.241. The summed E-state index contributed by atoms with van der Waals surface area (Å²) in [6.07, 6.45) is -23.7. The maximum atomic E-state index is 14.3. The van der Waals surface area contributed by atoms with Crippen LogP contribution in [0.5, 0.6) is 0 Å². The highest BCUT2D eigenvalue weighted by molar-refractivity contribution is 5.71. The Morgan fingerprint density at radius 2 is 1.90 bits per heavy atom. The van der Waals surface area contributed by atoms with E-state index < -0.39 is 73.3 Å². The Morgan fingerprint density at radius 3 is 2.47 bits per heavy atom. The van der Waals surface area contributed by atoms with Crippen LogP contribution in [0.25, 0.3) is 11.2 Å². The maximum absolute atomic E-state index is 14.3. The van der Waals surface area contributed by atoms with Crippen molar-refractivity contribution in [3.05, 3.63) is 16.7 Å². The van der Waals surface area contributed by atoms with Crippen LogP contribution in [0.1, 0.15) is 12.6 Å². The van der Waals surface area contributed by atoms with Gasteiger partial charge in [-0.15, -0.1) is 0 Å². The van der Waals surface area contributed by atoms with Crippen LogP contribution in [0.3, 0.4) is 0 Å². The minimum Gasteiger partial charge on any atom is -0.385 e. The molecule has 0 radical (unpaired) electrons. The molecule has 4 N–H and O–H groups in total. The number of imidazole rings is 1. The topological polar surface area (TPSA) is 128 Å². The molecule has 16 heteroatoms. The van der Waals surface area contributed by atoms with Crippen LogP contribution in [0.4, 0.5) is 36.7 Å². The monoisotopic (exact) mass is 449 g/mol. The number of nitrogens with zero attached hydrogens (tertiary/aromatic N) is 4. The summed E-state index contributed by atoms with van der Waals surface area (Å²) in [4.78, 5) is 19.9. The van der Waals surface area contributed by atoms with Crippen molar-refractivity contribution in [1.29, 1.82) is 0 Å². The van der Waals surface area contributed by atoms with Gasteiger partial charge in [0.05, 0.1) is 12.6 Å². The van der Waals surface area contributed by atoms with Gasteiger partial charge in [-0.1, -0.05) is 0 Å². The van der Waals surface area contributed by atoms with Crippen molar-refractivity contribution in [2.75, 3.05) is 5.73 Å². The number of nitrogens with two attached hydrogens (primary N) is 1. The maximum Gasteiger partial charge on any atom is 0.417 e. The summed E-state index contributed by atoms with van der Waals surface area (Å²) in [5.41, 5.74) is 3.32. The van der Waals surface area contributed by atoms with Gasteiger partial charge in [0.1, 0.15) is 17.7 Å². The molecule has 3 rings (SSSR count). The number of fused-ring (bicyclic) bond motifs is 1. The van der Waals surface area contributed by atoms with Crippen LogP contribution >= 0.6 is 0 Å². The van der Waals surface area contributed by atoms with Crippen LogP contribution in [0.2, 0.25) is 0 Å². The number of ether oxygens (including phenoxy) is 1. The first-order valence-corrected chi connectivity index (χ1v) is 8.24. The molecule has 0 aliphatic carbocycles. The van der Waals surface area contributed by atoms with Crippen LogP contribution in [-0.2, 0) is 11.3 Å². The van der Waals surface area contributed by atoms with Gasteiger partial charge in [0, 0.05) is 6.54 Å². The number of halogens is 7. The lowest BCUT2D eigenvalue weighted by Crippen LogP contribution is -2.44. The van der Waals surface area contributed by atoms with Gasteiger partial charge in [-0.2, -0.15) is 31.3 Å². The average Bonchev–Trinajstić information content (AvgIpc) is 3.04. The number of aliphatic hydroxyl groups is 2. The van der Waals surface area contributed by atoms with Gasteiger partial charge in [-0.25, -0.2) is 18.7 Å². The van der Waals surface area contributed by atoms with E-state index in [1.165, 1.54) is 0 Å². The molecule has 2 aromatic rings. The van der Waals surface area contributed by atoms with Gasteiger partial charge in [-0.05, 0) is 0 Å². The number of hydrogen-bond donors (Lipinski definition) is 3. The summed E-state index contributed by atoms with van der Waals surface area (Å²) in [6, 6.07) is 0. The summed E-state index contributed by atoms with van der Waals surface area (Å²) >= 11 is 0. The van der Waals surface area contributed by atoms with E-state index in [-0.39, 0.29) is 5.52 Å². The van der Waals surface area contributed by atoms with Crippen molar-refractivity contribution in [3.63, 3.8) is 0 Å². The second kappa shape index (κ2) is 7.35. The molecule has 1 aliphatic heterocycles. The fourth-order valence-corrected chi connectivity index (χ4v) is 3.07. The minimum absolute atomic E-state index is 0.301. The molecule has 168 valence electrons. The van der Waals surface area contributed by atoms with Crippen LogP contribution in [0, 0.1) is 0 Å². The molecule has 0 saturated carbocycles. The number of hydrogen-bond acceptors (Lipinski definition) is 7. The third kappa shape index (κ3) is 3.93. The van der Waals surface area contributed by atoms with Crippen molar-refractivity contribution in [3.8, 4) is 0 Å². The molecule has 1 saturated heterocycles. The summed E-state index contributed by atoms with van der Waals surface area (Å²) in [5, 5.41) is 19.3. The van der Waals surface area contributed by atoms with E-state index >= 15 is 0 Å². The van der Waals surface area contributed by atoms with Crippen LogP contribution in [-0.4, -0.2) is 66.2 Å². The quantitative estimate of drug-likeness (QED) is 0.585. The van der Waals surface area contributed by atoms with E-state index in [1.807, 2.05) is 0 Å². The molecule has 1 fully saturated rings. The number of alkyl halides is 7. The number of rotatable bonds is 4. The Bertz CT molecular complexity index is 988. The summed E-state index contributed by atoms with van der Waals surface area (Å²) in [6.45, 7) is -0.921. The van der Waals surface area contributed by atoms with Gasteiger partial charge < -0.3 is 20.7 Å². The van der Waals surface area contributed by atoms with Gasteiger partial charge in [0.25, 0.3) is 0 Å². The smallest absolute Gasteiger partial charge is 0.385 e. The van der Waals surface area contributed by atoms with E-state index in [0.29, 0.717) is 9.13 Å². The lowest BCUT2D eigenvalue weighted by atomic mass is 10.1. The Balaban J connectivity index is 2.08. The fraction of sp³-hybridized carbons (Fsp3) is 0.643. The average molecular weight is 449 g/mol. The molecule has 5 atom stereocenters. The van der Waals surface area contributed by atoms with Gasteiger partial charge in [-0.3, -0.25) is 4.57 Å². The van der Waals surface area contributed by atoms with Crippen LogP contribution in [0.15, 0.2) is 11.0 Å². The van der Waals surface area contributed by atoms with Gasteiger partial charge >= 0.3 is 18.0 Å². The second-order valence-corrected chi connectivity index (χ2v) is 6.52. The molecule has 0 spiro atoms. The zero-order valence-corrected chi connectivity index (χ0v) is 14.6. The molecule has 3 heterocycles. The third-order valence-corrected chi connectivity index (χ3v) is 4.47. The normalized spacial score (nSPS) is 26.4. The Labute approximate surface area is 161 Å². The van der Waals surface area contributed by atoms with E-state index in [1.54, 1.807) is 0 Å². The largest absolute Gasteiger partial charge is 0.417 e. The molecule has 0 aromatic carbocycles. The number of aliphatic hydroxyl groups excluding tert-OH is 2. The molecule has 0 unspecified atom stereocenters. The summed E-state index contributed by atoms with van der Waals surface area (Å²) in [5.74, 6) is -0.458. The van der Waals surface area contributed by atoms with E-state index in [2.05, 4.69) is 9.97 Å². The SMILES string of the molecule is Nc1ncc2c(n1)n([C@@H]1O[C@H]([C@@H](O)C(F)(F)F)[C@H](F)[C@H]1O)c(=O)n2CCC(F)(F)F. The highest BCUT2D eigenvalue weighted by atomic mass is 19.4. The molecule has 0 amide bonds. The molecule has 30 heavy (non-hydrogen) atoms. The van der Waals surface area contributed by atoms with E-state index in [4.69, 9.17) is 10.5 Å². The lowest BCUT2D eigenvalue weighted by Gasteiger charge is -2.22. The molecule has 9 nitrogen and oxygen atoms in total. The first-order chi connectivity index (χ1) is 13.7. The highest BCUT2D eigenvalue weighted by Gasteiger charge is 2.56. The van der Waals surface area contributed by atoms with Gasteiger partial charge in [0.15, 0.2) is 24.2 Å². The summed E-state index contributed by atoms with van der Waals surface area (Å²) < 4.78 is 95.9. The zero-order chi connectivity index (χ0) is 22.6. The molecular formula is C14H14F7N5O4. The Hall–Kier alpha value is -2.46. The summed E-state index contributed by atoms with van der Waals surface area (Å²) in [7, 11) is 0. The highest BCUT2D eigenvalue weighted by Crippen LogP contribution is 2.38. The van der Waals surface area contributed by atoms with Crippen molar-refractivity contribution in [2.24, 2.45) is 0 Å². The van der Waals surface area contributed by atoms with Crippen LogP contribution < -0.4 is 11.4 Å². The molecule has 2 aromatic heterocycles. The number of aromatic nitrogens is 4. The number of anilines is 1. The predicted octanol–water partition coefficient (Wildman–Crippen LogP) is 0.647. The molecular weight excluding hydrogens is 435 g/mol. The first-order valence-electron chi connectivity index (χ1n) is 8.24. The van der Waals surface area contributed by atoms with Crippen molar-refractivity contribution >= 4 is 17.1 Å². The standard InChI is InChI=1S/C14H14F7N5O4/c15-5-6(27)10(30-7(5)8(28)14(19,20)21)26-9-4(3-23-11(22)24-9)25(12(26)29)2-1-13(16,17)18/h3,5-8,10,27-28H,1-2H2,(H2,22,23,24)/t5-,6-,7+,8-,10-/m1/s1. The third-order valence-electron chi connectivity index (χ3n) is 4.47. The zero-order valence-electron chi connectivity index (χ0n) is 14.6. The van der Waals surface area contributed by atoms with Crippen molar-refractivity contribution in [2.45, 2.75) is 56.0 Å². The molecule has 1 aliphatic rings. The minimum atomic E-state index is -5.30. The Morgan fingerprint density at radius 1 is 1.27 bits per heavy atom. The van der Waals surface area contributed by atoms with E-state index in [9.17, 15) is 45.7 Å². The number of nitrogen functional groups attached to an aromatic ring is 1. The Kier molecular flexibility index (Phi) is 5.44. The van der Waals surface area contributed by atoms with Crippen molar-refractivity contribution < 1.29 is 45.7 Å². The van der Waals surface area contributed by atoms with E-state index in [0.717, 1.165) is 6.20 Å². The predicted molar refractivity (Wildman–Crippen MR) is 83.7 cm³/mol. The number of aryl methyl sites for hydroxylation is 1. The van der Waals surface area contributed by atoms with Gasteiger partial charge in [0.2, 0.25) is 5.95 Å².